The minimum atomic E-state index is 0. The minimum absolute atomic E-state index is 0. The minimum Gasteiger partial charge on any atom is -0.289 e. The molecule has 17 heavy (non-hydrogen) atoms. The summed E-state index contributed by atoms with van der Waals surface area (Å²) in [6.07, 6.45) is 3.43. The molecule has 0 aromatic heterocycles. The zero-order valence-electron chi connectivity index (χ0n) is 9.24. The van der Waals surface area contributed by atoms with Gasteiger partial charge in [0.05, 0.1) is 0 Å². The van der Waals surface area contributed by atoms with Gasteiger partial charge in [0.25, 0.3) is 0 Å². The van der Waals surface area contributed by atoms with E-state index in [0.29, 0.717) is 0 Å². The van der Waals surface area contributed by atoms with Gasteiger partial charge in [0.15, 0.2) is 5.78 Å². The van der Waals surface area contributed by atoms with Gasteiger partial charge in [-0.15, -0.1) is 12.4 Å². The summed E-state index contributed by atoms with van der Waals surface area (Å²) >= 11 is 0. The number of allylic oxidation sites excluding steroid dienone is 1. The van der Waals surface area contributed by atoms with E-state index in [9.17, 15) is 4.79 Å². The molecule has 2 aromatic carbocycles. The fourth-order valence-electron chi connectivity index (χ4n) is 1.43. The van der Waals surface area contributed by atoms with E-state index in [1.807, 2.05) is 66.7 Å². The number of carbonyl (C=O) groups excluding carboxylic acids is 1. The van der Waals surface area contributed by atoms with Crippen molar-refractivity contribution in [2.45, 2.75) is 0 Å². The maximum absolute atomic E-state index is 11.7. The summed E-state index contributed by atoms with van der Waals surface area (Å²) in [4.78, 5) is 11.7. The van der Waals surface area contributed by atoms with Gasteiger partial charge < -0.3 is 0 Å². The van der Waals surface area contributed by atoms with Gasteiger partial charge in [0, 0.05) is 5.56 Å². The first kappa shape index (κ1) is 13.2. The second-order valence-corrected chi connectivity index (χ2v) is 3.47. The Morgan fingerprint density at radius 3 is 1.94 bits per heavy atom. The fourth-order valence-corrected chi connectivity index (χ4v) is 1.43. The van der Waals surface area contributed by atoms with Gasteiger partial charge in [-0.3, -0.25) is 4.79 Å². The Morgan fingerprint density at radius 2 is 1.35 bits per heavy atom. The van der Waals surface area contributed by atoms with Crippen molar-refractivity contribution in [3.8, 4) is 0 Å². The maximum Gasteiger partial charge on any atom is 0.185 e. The predicted octanol–water partition coefficient (Wildman–Crippen LogP) is 4.00. The van der Waals surface area contributed by atoms with Crippen LogP contribution in [0.2, 0.25) is 0 Å². The SMILES string of the molecule is Cl.O=C(C=Cc1ccccc1)c1ccccc1. The average Bonchev–Trinajstić information content (AvgIpc) is 2.38. The van der Waals surface area contributed by atoms with E-state index in [1.165, 1.54) is 0 Å². The lowest BCUT2D eigenvalue weighted by Gasteiger charge is -1.94. The molecule has 0 fully saturated rings. The van der Waals surface area contributed by atoms with Crippen LogP contribution in [-0.2, 0) is 0 Å². The van der Waals surface area contributed by atoms with Crippen LogP contribution < -0.4 is 0 Å². The van der Waals surface area contributed by atoms with Gasteiger partial charge in [0.1, 0.15) is 0 Å². The molecule has 0 aliphatic heterocycles. The Morgan fingerprint density at radius 1 is 0.824 bits per heavy atom. The van der Waals surface area contributed by atoms with E-state index in [-0.39, 0.29) is 18.2 Å². The van der Waals surface area contributed by atoms with Gasteiger partial charge in [-0.1, -0.05) is 66.7 Å². The molecule has 1 nitrogen and oxygen atoms in total. The van der Waals surface area contributed by atoms with Crippen LogP contribution in [0.25, 0.3) is 6.08 Å². The lowest BCUT2D eigenvalue weighted by molar-refractivity contribution is 0.104. The molecule has 0 saturated carbocycles. The first-order chi connectivity index (χ1) is 7.86. The van der Waals surface area contributed by atoms with Gasteiger partial charge >= 0.3 is 0 Å². The van der Waals surface area contributed by atoms with Gasteiger partial charge in [-0.25, -0.2) is 0 Å². The number of hydrogen-bond donors (Lipinski definition) is 0. The summed E-state index contributed by atoms with van der Waals surface area (Å²) in [5.41, 5.74) is 1.75. The highest BCUT2D eigenvalue weighted by Gasteiger charge is 1.98. The van der Waals surface area contributed by atoms with Crippen LogP contribution in [0.4, 0.5) is 0 Å². The average molecular weight is 245 g/mol. The lowest BCUT2D eigenvalue weighted by atomic mass is 10.1. The Bertz CT molecular complexity index is 489. The number of carbonyl (C=O) groups is 1. The van der Waals surface area contributed by atoms with Gasteiger partial charge in [-0.2, -0.15) is 0 Å². The smallest absolute Gasteiger partial charge is 0.185 e. The van der Waals surface area contributed by atoms with Crippen LogP contribution in [0.3, 0.4) is 0 Å². The molecule has 0 heterocycles. The third-order valence-corrected chi connectivity index (χ3v) is 2.29. The molecule has 2 heteroatoms. The maximum atomic E-state index is 11.7. The highest BCUT2D eigenvalue weighted by molar-refractivity contribution is 6.06. The number of rotatable bonds is 3. The fraction of sp³-hybridized carbons (Fsp3) is 0. The molecule has 0 spiro atoms. The second kappa shape index (κ2) is 6.66. The van der Waals surface area contributed by atoms with Gasteiger partial charge in [0.2, 0.25) is 0 Å². The number of benzene rings is 2. The van der Waals surface area contributed by atoms with Crippen LogP contribution >= 0.6 is 12.4 Å². The van der Waals surface area contributed by atoms with Crippen molar-refractivity contribution in [3.05, 3.63) is 77.9 Å². The molecule has 0 aliphatic rings. The van der Waals surface area contributed by atoms with Crippen molar-refractivity contribution in [1.29, 1.82) is 0 Å². The van der Waals surface area contributed by atoms with Crippen LogP contribution in [0.1, 0.15) is 15.9 Å². The van der Waals surface area contributed by atoms with E-state index in [4.69, 9.17) is 0 Å². The van der Waals surface area contributed by atoms with Crippen molar-refractivity contribution < 1.29 is 4.79 Å². The van der Waals surface area contributed by atoms with Crippen molar-refractivity contribution in [3.63, 3.8) is 0 Å². The normalized spacial score (nSPS) is 9.88. The van der Waals surface area contributed by atoms with Crippen molar-refractivity contribution in [2.24, 2.45) is 0 Å². The molecule has 0 N–H and O–H groups in total. The zero-order chi connectivity index (χ0) is 11.2. The number of ketones is 1. The first-order valence-corrected chi connectivity index (χ1v) is 5.19. The quantitative estimate of drug-likeness (QED) is 0.589. The lowest BCUT2D eigenvalue weighted by Crippen LogP contribution is -1.92. The molecular formula is C15H13ClO. The monoisotopic (exact) mass is 244 g/mol. The summed E-state index contributed by atoms with van der Waals surface area (Å²) in [6.45, 7) is 0. The number of halogens is 1. The summed E-state index contributed by atoms with van der Waals surface area (Å²) in [5.74, 6) is 0.0319. The second-order valence-electron chi connectivity index (χ2n) is 3.47. The highest BCUT2D eigenvalue weighted by atomic mass is 35.5. The number of hydrogen-bond acceptors (Lipinski definition) is 1. The van der Waals surface area contributed by atoms with Crippen LogP contribution in [-0.4, -0.2) is 5.78 Å². The molecule has 2 rings (SSSR count). The van der Waals surface area contributed by atoms with E-state index < -0.39 is 0 Å². The molecule has 0 atom stereocenters. The van der Waals surface area contributed by atoms with E-state index in [1.54, 1.807) is 6.08 Å². The van der Waals surface area contributed by atoms with E-state index in [0.717, 1.165) is 11.1 Å². The molecule has 0 bridgehead atoms. The summed E-state index contributed by atoms with van der Waals surface area (Å²) < 4.78 is 0. The summed E-state index contributed by atoms with van der Waals surface area (Å²) in [7, 11) is 0. The third kappa shape index (κ3) is 3.89. The molecule has 0 radical (unpaired) electrons. The topological polar surface area (TPSA) is 17.1 Å². The van der Waals surface area contributed by atoms with E-state index in [2.05, 4.69) is 0 Å². The third-order valence-electron chi connectivity index (χ3n) is 2.29. The summed E-state index contributed by atoms with van der Waals surface area (Å²) in [6, 6.07) is 19.1. The predicted molar refractivity (Wildman–Crippen MR) is 73.5 cm³/mol. The Balaban J connectivity index is 0.00000144. The Kier molecular flexibility index (Phi) is 5.18. The molecule has 0 aliphatic carbocycles. The van der Waals surface area contributed by atoms with Crippen molar-refractivity contribution in [1.82, 2.24) is 0 Å². The van der Waals surface area contributed by atoms with Crippen LogP contribution in [0.15, 0.2) is 66.7 Å². The van der Waals surface area contributed by atoms with Gasteiger partial charge in [-0.05, 0) is 11.6 Å². The molecule has 2 aromatic rings. The van der Waals surface area contributed by atoms with Crippen LogP contribution in [0.5, 0.6) is 0 Å². The molecule has 0 saturated heterocycles. The largest absolute Gasteiger partial charge is 0.289 e. The highest BCUT2D eigenvalue weighted by Crippen LogP contribution is 2.05. The van der Waals surface area contributed by atoms with Crippen molar-refractivity contribution in [2.75, 3.05) is 0 Å². The van der Waals surface area contributed by atoms with Crippen LogP contribution in [0, 0.1) is 0 Å². The molecular weight excluding hydrogens is 232 g/mol. The molecule has 0 amide bonds. The molecule has 0 unspecified atom stereocenters. The zero-order valence-corrected chi connectivity index (χ0v) is 10.1. The first-order valence-electron chi connectivity index (χ1n) is 5.19. The Hall–Kier alpha value is -1.86. The standard InChI is InChI=1S/C15H12O.ClH/c16-15(14-9-5-2-6-10-14)12-11-13-7-3-1-4-8-13;/h1-12H;1H. The van der Waals surface area contributed by atoms with Crippen molar-refractivity contribution >= 4 is 24.3 Å². The Labute approximate surface area is 107 Å². The molecule has 86 valence electrons. The van der Waals surface area contributed by atoms with E-state index >= 15 is 0 Å². The summed E-state index contributed by atoms with van der Waals surface area (Å²) in [5, 5.41) is 0.